The molecule has 0 aromatic rings. The van der Waals surface area contributed by atoms with Crippen LogP contribution in [0, 0.1) is 16.7 Å². The number of carbonyl (C=O) groups is 1. The molecule has 0 radical (unpaired) electrons. The molecule has 1 fully saturated rings. The Labute approximate surface area is 66.4 Å². The number of amides is 1. The molecule has 1 aliphatic carbocycles. The van der Waals surface area contributed by atoms with Crippen LogP contribution < -0.4 is 5.32 Å². The third-order valence-electron chi connectivity index (χ3n) is 2.09. The number of nitriles is 1. The maximum atomic E-state index is 10.8. The predicted octanol–water partition coefficient (Wildman–Crippen LogP) is 0.815. The first-order chi connectivity index (χ1) is 5.06. The summed E-state index contributed by atoms with van der Waals surface area (Å²) in [7, 11) is 0. The Morgan fingerprint density at radius 2 is 2.36 bits per heavy atom. The van der Waals surface area contributed by atoms with E-state index in [4.69, 9.17) is 5.26 Å². The zero-order valence-electron chi connectivity index (χ0n) is 6.85. The summed E-state index contributed by atoms with van der Waals surface area (Å²) in [5.41, 5.74) is 0.255. The monoisotopic (exact) mass is 152 g/mol. The van der Waals surface area contributed by atoms with Crippen molar-refractivity contribution in [2.24, 2.45) is 5.41 Å². The summed E-state index contributed by atoms with van der Waals surface area (Å²) in [5, 5.41) is 11.0. The Morgan fingerprint density at radius 1 is 1.82 bits per heavy atom. The third kappa shape index (κ3) is 1.94. The average molecular weight is 152 g/mol. The quantitative estimate of drug-likeness (QED) is 0.636. The number of nitrogens with one attached hydrogen (secondary N) is 1. The van der Waals surface area contributed by atoms with E-state index in [0.717, 1.165) is 6.42 Å². The van der Waals surface area contributed by atoms with Gasteiger partial charge in [0, 0.05) is 6.04 Å². The molecule has 1 rings (SSSR count). The van der Waals surface area contributed by atoms with E-state index in [2.05, 4.69) is 19.2 Å². The zero-order valence-corrected chi connectivity index (χ0v) is 6.85. The molecule has 60 valence electrons. The zero-order chi connectivity index (χ0) is 8.48. The molecule has 3 heteroatoms. The van der Waals surface area contributed by atoms with E-state index in [9.17, 15) is 4.79 Å². The van der Waals surface area contributed by atoms with Crippen molar-refractivity contribution in [3.63, 3.8) is 0 Å². The maximum absolute atomic E-state index is 10.8. The highest BCUT2D eigenvalue weighted by atomic mass is 16.1. The van der Waals surface area contributed by atoms with Gasteiger partial charge in [-0.05, 0) is 11.8 Å². The summed E-state index contributed by atoms with van der Waals surface area (Å²) in [6.07, 6.45) is 1.01. The van der Waals surface area contributed by atoms with Crippen LogP contribution in [-0.2, 0) is 4.79 Å². The van der Waals surface area contributed by atoms with Gasteiger partial charge in [0.15, 0.2) is 0 Å². The van der Waals surface area contributed by atoms with Gasteiger partial charge >= 0.3 is 0 Å². The molecular weight excluding hydrogens is 140 g/mol. The first-order valence-electron chi connectivity index (χ1n) is 3.72. The summed E-state index contributed by atoms with van der Waals surface area (Å²) < 4.78 is 0. The lowest BCUT2D eigenvalue weighted by molar-refractivity contribution is -0.120. The van der Waals surface area contributed by atoms with Crippen molar-refractivity contribution in [1.29, 1.82) is 5.26 Å². The van der Waals surface area contributed by atoms with Gasteiger partial charge < -0.3 is 5.32 Å². The highest BCUT2D eigenvalue weighted by molar-refractivity contribution is 5.78. The fourth-order valence-electron chi connectivity index (χ4n) is 1.03. The molecule has 0 aromatic carbocycles. The minimum absolute atomic E-state index is 0.0212. The second-order valence-electron chi connectivity index (χ2n) is 3.65. The van der Waals surface area contributed by atoms with Crippen molar-refractivity contribution >= 4 is 5.91 Å². The first kappa shape index (κ1) is 8.06. The summed E-state index contributed by atoms with van der Waals surface area (Å²) in [6.45, 7) is 4.20. The van der Waals surface area contributed by atoms with Gasteiger partial charge in [-0.15, -0.1) is 0 Å². The second kappa shape index (κ2) is 2.54. The van der Waals surface area contributed by atoms with E-state index in [0.29, 0.717) is 6.04 Å². The van der Waals surface area contributed by atoms with Crippen molar-refractivity contribution in [3.05, 3.63) is 0 Å². The molecule has 1 unspecified atom stereocenters. The van der Waals surface area contributed by atoms with Crippen molar-refractivity contribution < 1.29 is 4.79 Å². The highest BCUT2D eigenvalue weighted by Crippen LogP contribution is 2.44. The molecule has 1 N–H and O–H groups in total. The number of hydrogen-bond donors (Lipinski definition) is 1. The molecule has 1 amide bonds. The number of nitrogens with zero attached hydrogens (tertiary/aromatic N) is 1. The van der Waals surface area contributed by atoms with Gasteiger partial charge in [-0.3, -0.25) is 4.79 Å². The molecule has 0 bridgehead atoms. The molecular formula is C8H12N2O. The largest absolute Gasteiger partial charge is 0.352 e. The minimum atomic E-state index is -0.150. The van der Waals surface area contributed by atoms with Gasteiger partial charge in [-0.2, -0.15) is 5.26 Å². The molecule has 0 aromatic heterocycles. The Hall–Kier alpha value is -1.04. The van der Waals surface area contributed by atoms with Crippen molar-refractivity contribution in [3.8, 4) is 6.07 Å². The van der Waals surface area contributed by atoms with Gasteiger partial charge in [-0.25, -0.2) is 0 Å². The molecule has 0 saturated heterocycles. The van der Waals surface area contributed by atoms with Crippen LogP contribution in [0.3, 0.4) is 0 Å². The van der Waals surface area contributed by atoms with Gasteiger partial charge in [0.1, 0.15) is 6.42 Å². The van der Waals surface area contributed by atoms with Crippen LogP contribution in [0.1, 0.15) is 26.7 Å². The minimum Gasteiger partial charge on any atom is -0.352 e. The molecule has 11 heavy (non-hydrogen) atoms. The number of rotatable bonds is 2. The molecule has 1 aliphatic rings. The van der Waals surface area contributed by atoms with Crippen LogP contribution in [0.15, 0.2) is 0 Å². The first-order valence-corrected chi connectivity index (χ1v) is 3.72. The Balaban J connectivity index is 2.25. The fourth-order valence-corrected chi connectivity index (χ4v) is 1.03. The second-order valence-corrected chi connectivity index (χ2v) is 3.65. The van der Waals surface area contributed by atoms with Gasteiger partial charge in [0.25, 0.3) is 0 Å². The van der Waals surface area contributed by atoms with Gasteiger partial charge in [0.05, 0.1) is 6.07 Å². The molecule has 1 saturated carbocycles. The summed E-state index contributed by atoms with van der Waals surface area (Å²) in [4.78, 5) is 10.8. The Kier molecular flexibility index (Phi) is 1.86. The number of carbonyl (C=O) groups excluding carboxylic acids is 1. The lowest BCUT2D eigenvalue weighted by Gasteiger charge is -2.03. The number of hydrogen-bond acceptors (Lipinski definition) is 2. The van der Waals surface area contributed by atoms with Crippen molar-refractivity contribution in [2.75, 3.05) is 0 Å². The van der Waals surface area contributed by atoms with Crippen LogP contribution >= 0.6 is 0 Å². The fraction of sp³-hybridized carbons (Fsp3) is 0.750. The lowest BCUT2D eigenvalue weighted by Crippen LogP contribution is -2.27. The lowest BCUT2D eigenvalue weighted by atomic mass is 10.2. The summed E-state index contributed by atoms with van der Waals surface area (Å²) in [6, 6.07) is 2.11. The third-order valence-corrected chi connectivity index (χ3v) is 2.09. The summed E-state index contributed by atoms with van der Waals surface area (Å²) >= 11 is 0. The van der Waals surface area contributed by atoms with Crippen LogP contribution in [0.2, 0.25) is 0 Å². The van der Waals surface area contributed by atoms with E-state index in [-0.39, 0.29) is 17.7 Å². The molecule has 0 spiro atoms. The standard InChI is InChI=1S/C8H12N2O/c1-8(2)5-6(8)10-7(11)3-4-9/h6H,3,5H2,1-2H3,(H,10,11). The van der Waals surface area contributed by atoms with Gasteiger partial charge in [-0.1, -0.05) is 13.8 Å². The van der Waals surface area contributed by atoms with Crippen molar-refractivity contribution in [2.45, 2.75) is 32.7 Å². The van der Waals surface area contributed by atoms with Crippen LogP contribution in [0.4, 0.5) is 0 Å². The van der Waals surface area contributed by atoms with E-state index in [1.807, 2.05) is 6.07 Å². The van der Waals surface area contributed by atoms with Crippen LogP contribution in [0.5, 0.6) is 0 Å². The van der Waals surface area contributed by atoms with Crippen molar-refractivity contribution in [1.82, 2.24) is 5.32 Å². The predicted molar refractivity (Wildman–Crippen MR) is 40.6 cm³/mol. The van der Waals surface area contributed by atoms with Crippen LogP contribution in [0.25, 0.3) is 0 Å². The van der Waals surface area contributed by atoms with Crippen LogP contribution in [-0.4, -0.2) is 11.9 Å². The normalized spacial score (nSPS) is 25.4. The Morgan fingerprint density at radius 3 is 2.73 bits per heavy atom. The van der Waals surface area contributed by atoms with Gasteiger partial charge in [0.2, 0.25) is 5.91 Å². The molecule has 1 atom stereocenters. The molecule has 0 heterocycles. The van der Waals surface area contributed by atoms with E-state index in [1.54, 1.807) is 0 Å². The maximum Gasteiger partial charge on any atom is 0.234 e. The SMILES string of the molecule is CC1(C)CC1NC(=O)CC#N. The smallest absolute Gasteiger partial charge is 0.234 e. The average Bonchev–Trinajstić information content (AvgIpc) is 2.39. The Bertz CT molecular complexity index is 215. The topological polar surface area (TPSA) is 52.9 Å². The summed E-state index contributed by atoms with van der Waals surface area (Å²) in [5.74, 6) is -0.150. The van der Waals surface area contributed by atoms with E-state index >= 15 is 0 Å². The molecule has 3 nitrogen and oxygen atoms in total. The van der Waals surface area contributed by atoms with E-state index < -0.39 is 0 Å². The molecule has 0 aliphatic heterocycles. The van der Waals surface area contributed by atoms with E-state index in [1.165, 1.54) is 0 Å². The highest BCUT2D eigenvalue weighted by Gasteiger charge is 2.46.